The Morgan fingerprint density at radius 3 is 1.61 bits per heavy atom. The third-order valence-corrected chi connectivity index (χ3v) is 6.23. The van der Waals surface area contributed by atoms with Crippen molar-refractivity contribution in [2.45, 2.75) is 10.9 Å². The molecule has 4 rings (SSSR count). The van der Waals surface area contributed by atoms with Crippen LogP contribution in [0.15, 0.2) is 120 Å². The van der Waals surface area contributed by atoms with Crippen molar-refractivity contribution in [3.05, 3.63) is 126 Å². The van der Waals surface area contributed by atoms with E-state index >= 15 is 0 Å². The summed E-state index contributed by atoms with van der Waals surface area (Å²) in [5, 5.41) is 2.77. The number of urea groups is 1. The average molecular weight is 459 g/mol. The largest absolute Gasteiger partial charge is 0.457 e. The van der Waals surface area contributed by atoms with Crippen LogP contribution in [0.25, 0.3) is 0 Å². The minimum absolute atomic E-state index is 0.0472. The van der Waals surface area contributed by atoms with E-state index in [1.54, 1.807) is 12.1 Å². The number of nitrogens with one attached hydrogen (secondary N) is 2. The zero-order chi connectivity index (χ0) is 23.1. The van der Waals surface area contributed by atoms with Gasteiger partial charge in [0, 0.05) is 0 Å². The van der Waals surface area contributed by atoms with Crippen LogP contribution in [0.4, 0.5) is 4.79 Å². The van der Waals surface area contributed by atoms with Gasteiger partial charge in [-0.15, -0.1) is 0 Å². The van der Waals surface area contributed by atoms with Gasteiger partial charge in [-0.2, -0.15) is 0 Å². The minimum atomic E-state index is -4.08. The zero-order valence-electron chi connectivity index (χ0n) is 17.6. The highest BCUT2D eigenvalue weighted by atomic mass is 32.2. The normalized spacial score (nSPS) is 11.1. The first kappa shape index (κ1) is 22.1. The molecule has 0 unspecified atom stereocenters. The molecule has 2 N–H and O–H groups in total. The molecule has 0 spiro atoms. The highest BCUT2D eigenvalue weighted by molar-refractivity contribution is 7.90. The first-order chi connectivity index (χ1) is 16.0. The van der Waals surface area contributed by atoms with Crippen LogP contribution in [0.5, 0.6) is 11.5 Å². The molecule has 4 aromatic rings. The minimum Gasteiger partial charge on any atom is -0.457 e. The number of benzene rings is 4. The number of sulfonamides is 1. The van der Waals surface area contributed by atoms with E-state index in [4.69, 9.17) is 4.74 Å². The van der Waals surface area contributed by atoms with Crippen LogP contribution >= 0.6 is 0 Å². The van der Waals surface area contributed by atoms with Crippen molar-refractivity contribution in [2.24, 2.45) is 0 Å². The Morgan fingerprint density at radius 1 is 0.636 bits per heavy atom. The number of hydrogen-bond acceptors (Lipinski definition) is 4. The van der Waals surface area contributed by atoms with Crippen molar-refractivity contribution < 1.29 is 17.9 Å². The van der Waals surface area contributed by atoms with Crippen LogP contribution in [0.3, 0.4) is 0 Å². The molecule has 0 aromatic heterocycles. The predicted molar refractivity (Wildman–Crippen MR) is 127 cm³/mol. The van der Waals surface area contributed by atoms with Crippen molar-refractivity contribution in [2.75, 3.05) is 0 Å². The number of para-hydroxylation sites is 1. The molecular weight excluding hydrogens is 436 g/mol. The summed E-state index contributed by atoms with van der Waals surface area (Å²) in [7, 11) is -4.08. The molecule has 0 atom stereocenters. The van der Waals surface area contributed by atoms with Crippen LogP contribution in [0.2, 0.25) is 0 Å². The fourth-order valence-corrected chi connectivity index (χ4v) is 4.22. The Kier molecular flexibility index (Phi) is 6.71. The van der Waals surface area contributed by atoms with Crippen molar-refractivity contribution in [3.63, 3.8) is 0 Å². The first-order valence-electron chi connectivity index (χ1n) is 10.3. The standard InChI is InChI=1S/C26H22N2O4S/c29-26(27-25(20-10-4-1-5-11-20)21-12-6-2-7-13-21)28-33(30,31)24-18-16-23(17-19-24)32-22-14-8-3-9-15-22/h1-19,25H,(H2,27,28,29). The van der Waals surface area contributed by atoms with Gasteiger partial charge < -0.3 is 10.1 Å². The van der Waals surface area contributed by atoms with Gasteiger partial charge in [-0.3, -0.25) is 0 Å². The molecule has 0 aliphatic rings. The molecule has 4 aromatic carbocycles. The molecule has 0 saturated heterocycles. The predicted octanol–water partition coefficient (Wildman–Crippen LogP) is 5.26. The first-order valence-corrected chi connectivity index (χ1v) is 11.8. The van der Waals surface area contributed by atoms with E-state index in [2.05, 4.69) is 10.0 Å². The van der Waals surface area contributed by atoms with Crippen molar-refractivity contribution in [3.8, 4) is 11.5 Å². The molecule has 0 radical (unpaired) electrons. The number of amides is 2. The maximum Gasteiger partial charge on any atom is 0.329 e. The maximum atomic E-state index is 12.8. The van der Waals surface area contributed by atoms with Crippen molar-refractivity contribution in [1.82, 2.24) is 10.0 Å². The SMILES string of the molecule is O=C(NC(c1ccccc1)c1ccccc1)NS(=O)(=O)c1ccc(Oc2ccccc2)cc1. The number of carbonyl (C=O) groups is 1. The third kappa shape index (κ3) is 5.78. The van der Waals surface area contributed by atoms with Gasteiger partial charge >= 0.3 is 6.03 Å². The molecule has 6 nitrogen and oxygen atoms in total. The van der Waals surface area contributed by atoms with Gasteiger partial charge in [-0.1, -0.05) is 78.9 Å². The number of ether oxygens (including phenoxy) is 1. The monoisotopic (exact) mass is 458 g/mol. The summed E-state index contributed by atoms with van der Waals surface area (Å²) in [6, 6.07) is 32.4. The molecule has 0 saturated carbocycles. The van der Waals surface area contributed by atoms with Crippen LogP contribution in [-0.4, -0.2) is 14.4 Å². The second kappa shape index (κ2) is 10.0. The van der Waals surface area contributed by atoms with E-state index in [0.717, 1.165) is 11.1 Å². The maximum absolute atomic E-state index is 12.8. The van der Waals surface area contributed by atoms with Gasteiger partial charge in [-0.05, 0) is 47.5 Å². The molecule has 0 bridgehead atoms. The average Bonchev–Trinajstić information content (AvgIpc) is 2.84. The molecule has 7 heteroatoms. The molecule has 33 heavy (non-hydrogen) atoms. The third-order valence-electron chi connectivity index (χ3n) is 4.88. The Labute approximate surface area is 192 Å². The molecule has 2 amide bonds. The summed E-state index contributed by atoms with van der Waals surface area (Å²) in [6.07, 6.45) is 0. The van der Waals surface area contributed by atoms with E-state index in [1.807, 2.05) is 78.9 Å². The summed E-state index contributed by atoms with van der Waals surface area (Å²) in [5.74, 6) is 1.12. The van der Waals surface area contributed by atoms with Crippen molar-refractivity contribution >= 4 is 16.1 Å². The summed E-state index contributed by atoms with van der Waals surface area (Å²) in [6.45, 7) is 0. The van der Waals surface area contributed by atoms with Crippen molar-refractivity contribution in [1.29, 1.82) is 0 Å². The lowest BCUT2D eigenvalue weighted by atomic mass is 9.99. The van der Waals surface area contributed by atoms with Crippen LogP contribution in [-0.2, 0) is 10.0 Å². The Balaban J connectivity index is 1.47. The quantitative estimate of drug-likeness (QED) is 0.396. The fourth-order valence-electron chi connectivity index (χ4n) is 3.30. The van der Waals surface area contributed by atoms with Gasteiger partial charge in [0.15, 0.2) is 0 Å². The van der Waals surface area contributed by atoms with Gasteiger partial charge in [0.25, 0.3) is 10.0 Å². The lowest BCUT2D eigenvalue weighted by molar-refractivity contribution is 0.243. The van der Waals surface area contributed by atoms with Gasteiger partial charge in [0.1, 0.15) is 11.5 Å². The zero-order valence-corrected chi connectivity index (χ0v) is 18.4. The van der Waals surface area contributed by atoms with E-state index in [0.29, 0.717) is 11.5 Å². The Hall–Kier alpha value is -4.10. The van der Waals surface area contributed by atoms with E-state index < -0.39 is 22.1 Å². The van der Waals surface area contributed by atoms with Gasteiger partial charge in [0.2, 0.25) is 0 Å². The Morgan fingerprint density at radius 2 is 1.09 bits per heavy atom. The molecule has 0 heterocycles. The number of carbonyl (C=O) groups excluding carboxylic acids is 1. The summed E-state index contributed by atoms with van der Waals surface area (Å²) in [5.41, 5.74) is 1.66. The van der Waals surface area contributed by atoms with Gasteiger partial charge in [-0.25, -0.2) is 17.9 Å². The summed E-state index contributed by atoms with van der Waals surface area (Å²) < 4.78 is 33.3. The topological polar surface area (TPSA) is 84.5 Å². The molecular formula is C26H22N2O4S. The lowest BCUT2D eigenvalue weighted by Gasteiger charge is -2.20. The smallest absolute Gasteiger partial charge is 0.329 e. The molecule has 0 fully saturated rings. The number of rotatable bonds is 7. The van der Waals surface area contributed by atoms with E-state index in [9.17, 15) is 13.2 Å². The molecule has 0 aliphatic carbocycles. The second-order valence-corrected chi connectivity index (χ2v) is 8.90. The summed E-state index contributed by atoms with van der Waals surface area (Å²) in [4.78, 5) is 12.6. The second-order valence-electron chi connectivity index (χ2n) is 7.22. The molecule has 166 valence electrons. The summed E-state index contributed by atoms with van der Waals surface area (Å²) >= 11 is 0. The highest BCUT2D eigenvalue weighted by Crippen LogP contribution is 2.24. The number of hydrogen-bond donors (Lipinski definition) is 2. The Bertz CT molecular complexity index is 1260. The fraction of sp³-hybridized carbons (Fsp3) is 0.0385. The van der Waals surface area contributed by atoms with Crippen LogP contribution in [0, 0.1) is 0 Å². The van der Waals surface area contributed by atoms with E-state index in [1.165, 1.54) is 24.3 Å². The van der Waals surface area contributed by atoms with Crippen LogP contribution in [0.1, 0.15) is 17.2 Å². The molecule has 0 aliphatic heterocycles. The van der Waals surface area contributed by atoms with Crippen LogP contribution < -0.4 is 14.8 Å². The van der Waals surface area contributed by atoms with Gasteiger partial charge in [0.05, 0.1) is 10.9 Å². The highest BCUT2D eigenvalue weighted by Gasteiger charge is 2.22. The van der Waals surface area contributed by atoms with E-state index in [-0.39, 0.29) is 4.90 Å². The lowest BCUT2D eigenvalue weighted by Crippen LogP contribution is -2.41.